The minimum absolute atomic E-state index is 0.556. The fourth-order valence-corrected chi connectivity index (χ4v) is 2.31. The number of rotatable bonds is 8. The fourth-order valence-electron chi connectivity index (χ4n) is 2.31. The Morgan fingerprint density at radius 2 is 2.00 bits per heavy atom. The van der Waals surface area contributed by atoms with Crippen LogP contribution >= 0.6 is 0 Å². The van der Waals surface area contributed by atoms with Crippen molar-refractivity contribution in [1.82, 2.24) is 10.3 Å². The fraction of sp³-hybridized carbons (Fsp3) is 0.688. The molecule has 1 heterocycles. The molecule has 1 aromatic heterocycles. The van der Waals surface area contributed by atoms with E-state index in [-0.39, 0.29) is 0 Å². The maximum atomic E-state index is 4.53. The molecule has 0 saturated carbocycles. The van der Waals surface area contributed by atoms with E-state index < -0.39 is 0 Å². The molecule has 0 aliphatic rings. The molecule has 0 aliphatic carbocycles. The molecular weight excluding hydrogens is 220 g/mol. The standard InChI is InChI=1S/C16H28N2/c1-5-7-14(4)16(17-10-6-2)11-15-9-8-13(3)12-18-15/h8-9,12,14,16-17H,5-7,10-11H2,1-4H3. The summed E-state index contributed by atoms with van der Waals surface area (Å²) in [7, 11) is 0. The number of pyridine rings is 1. The van der Waals surface area contributed by atoms with Crippen LogP contribution in [0.1, 0.15) is 51.3 Å². The van der Waals surface area contributed by atoms with Crippen molar-refractivity contribution in [3.63, 3.8) is 0 Å². The molecule has 0 aliphatic heterocycles. The zero-order chi connectivity index (χ0) is 13.4. The first-order chi connectivity index (χ1) is 8.67. The van der Waals surface area contributed by atoms with Gasteiger partial charge >= 0.3 is 0 Å². The minimum atomic E-state index is 0.556. The van der Waals surface area contributed by atoms with Crippen molar-refractivity contribution < 1.29 is 0 Å². The van der Waals surface area contributed by atoms with Gasteiger partial charge in [0.15, 0.2) is 0 Å². The number of hydrogen-bond donors (Lipinski definition) is 1. The van der Waals surface area contributed by atoms with Gasteiger partial charge in [-0.3, -0.25) is 4.98 Å². The Labute approximate surface area is 112 Å². The molecule has 18 heavy (non-hydrogen) atoms. The van der Waals surface area contributed by atoms with E-state index in [2.05, 4.69) is 50.1 Å². The molecule has 0 spiro atoms. The molecular formula is C16H28N2. The number of nitrogens with one attached hydrogen (secondary N) is 1. The highest BCUT2D eigenvalue weighted by Crippen LogP contribution is 2.15. The predicted octanol–water partition coefficient (Wildman–Crippen LogP) is 3.74. The van der Waals surface area contributed by atoms with Crippen molar-refractivity contribution in [1.29, 1.82) is 0 Å². The first-order valence-electron chi connectivity index (χ1n) is 7.32. The van der Waals surface area contributed by atoms with E-state index in [4.69, 9.17) is 0 Å². The van der Waals surface area contributed by atoms with Gasteiger partial charge in [0, 0.05) is 24.4 Å². The third-order valence-electron chi connectivity index (χ3n) is 3.49. The average Bonchev–Trinajstić information content (AvgIpc) is 2.37. The molecule has 0 fully saturated rings. The van der Waals surface area contributed by atoms with Crippen LogP contribution in [0.5, 0.6) is 0 Å². The van der Waals surface area contributed by atoms with Gasteiger partial charge in [-0.1, -0.05) is 33.3 Å². The van der Waals surface area contributed by atoms with E-state index in [1.165, 1.54) is 30.5 Å². The lowest BCUT2D eigenvalue weighted by Crippen LogP contribution is -2.37. The molecule has 0 radical (unpaired) electrons. The van der Waals surface area contributed by atoms with E-state index in [1.807, 2.05) is 6.20 Å². The first kappa shape index (κ1) is 15.2. The molecule has 0 amide bonds. The molecule has 2 nitrogen and oxygen atoms in total. The third-order valence-corrected chi connectivity index (χ3v) is 3.49. The molecule has 1 rings (SSSR count). The van der Waals surface area contributed by atoms with Gasteiger partial charge in [0.2, 0.25) is 0 Å². The molecule has 0 bridgehead atoms. The summed E-state index contributed by atoms with van der Waals surface area (Å²) in [5, 5.41) is 3.68. The van der Waals surface area contributed by atoms with Crippen molar-refractivity contribution in [3.8, 4) is 0 Å². The highest BCUT2D eigenvalue weighted by atomic mass is 14.9. The maximum Gasteiger partial charge on any atom is 0.0419 e. The van der Waals surface area contributed by atoms with Gasteiger partial charge in [0.1, 0.15) is 0 Å². The van der Waals surface area contributed by atoms with Crippen molar-refractivity contribution in [2.24, 2.45) is 5.92 Å². The van der Waals surface area contributed by atoms with Gasteiger partial charge in [-0.15, -0.1) is 0 Å². The van der Waals surface area contributed by atoms with E-state index in [0.29, 0.717) is 12.0 Å². The van der Waals surface area contributed by atoms with Gasteiger partial charge in [0.25, 0.3) is 0 Å². The number of aromatic nitrogens is 1. The van der Waals surface area contributed by atoms with Crippen LogP contribution in [0, 0.1) is 12.8 Å². The summed E-state index contributed by atoms with van der Waals surface area (Å²) in [6.45, 7) is 10.0. The van der Waals surface area contributed by atoms with Crippen molar-refractivity contribution in [3.05, 3.63) is 29.6 Å². The van der Waals surface area contributed by atoms with Crippen molar-refractivity contribution >= 4 is 0 Å². The van der Waals surface area contributed by atoms with Gasteiger partial charge < -0.3 is 5.32 Å². The zero-order valence-electron chi connectivity index (χ0n) is 12.4. The Hall–Kier alpha value is -0.890. The second-order valence-corrected chi connectivity index (χ2v) is 5.36. The van der Waals surface area contributed by atoms with Crippen molar-refractivity contribution in [2.75, 3.05) is 6.54 Å². The first-order valence-corrected chi connectivity index (χ1v) is 7.32. The minimum Gasteiger partial charge on any atom is -0.313 e. The average molecular weight is 248 g/mol. The Morgan fingerprint density at radius 3 is 2.56 bits per heavy atom. The van der Waals surface area contributed by atoms with E-state index in [9.17, 15) is 0 Å². The Balaban J connectivity index is 2.61. The number of hydrogen-bond acceptors (Lipinski definition) is 2. The van der Waals surface area contributed by atoms with Crippen LogP contribution in [-0.2, 0) is 6.42 Å². The summed E-state index contributed by atoms with van der Waals surface area (Å²) < 4.78 is 0. The SMILES string of the molecule is CCCNC(Cc1ccc(C)cn1)C(C)CCC. The monoisotopic (exact) mass is 248 g/mol. The Morgan fingerprint density at radius 1 is 1.22 bits per heavy atom. The van der Waals surface area contributed by atoms with Gasteiger partial charge in [-0.25, -0.2) is 0 Å². The lowest BCUT2D eigenvalue weighted by molar-refractivity contribution is 0.350. The van der Waals surface area contributed by atoms with Gasteiger partial charge in [0.05, 0.1) is 0 Å². The van der Waals surface area contributed by atoms with Gasteiger partial charge in [-0.2, -0.15) is 0 Å². The van der Waals surface area contributed by atoms with E-state index >= 15 is 0 Å². The molecule has 2 atom stereocenters. The molecule has 1 N–H and O–H groups in total. The van der Waals surface area contributed by atoms with Crippen LogP contribution in [0.2, 0.25) is 0 Å². The van der Waals surface area contributed by atoms with Crippen LogP contribution in [0.25, 0.3) is 0 Å². The molecule has 102 valence electrons. The molecule has 0 saturated heterocycles. The van der Waals surface area contributed by atoms with Crippen LogP contribution in [0.3, 0.4) is 0 Å². The smallest absolute Gasteiger partial charge is 0.0419 e. The Kier molecular flexibility index (Phi) is 6.96. The van der Waals surface area contributed by atoms with Crippen LogP contribution in [-0.4, -0.2) is 17.6 Å². The largest absolute Gasteiger partial charge is 0.313 e. The summed E-state index contributed by atoms with van der Waals surface area (Å²) in [4.78, 5) is 4.53. The van der Waals surface area contributed by atoms with Crippen LogP contribution in [0.15, 0.2) is 18.3 Å². The molecule has 0 aromatic carbocycles. The summed E-state index contributed by atoms with van der Waals surface area (Å²) in [6, 6.07) is 4.87. The molecule has 2 unspecified atom stereocenters. The van der Waals surface area contributed by atoms with Crippen LogP contribution < -0.4 is 5.32 Å². The predicted molar refractivity (Wildman–Crippen MR) is 78.8 cm³/mol. The molecule has 2 heteroatoms. The highest BCUT2D eigenvalue weighted by molar-refractivity contribution is 5.13. The zero-order valence-corrected chi connectivity index (χ0v) is 12.4. The molecule has 1 aromatic rings. The second kappa shape index (κ2) is 8.25. The van der Waals surface area contributed by atoms with Gasteiger partial charge in [-0.05, 0) is 43.9 Å². The normalized spacial score (nSPS) is 14.4. The Bertz CT molecular complexity index is 318. The maximum absolute atomic E-state index is 4.53. The summed E-state index contributed by atoms with van der Waals surface area (Å²) in [5.41, 5.74) is 2.44. The topological polar surface area (TPSA) is 24.9 Å². The number of nitrogens with zero attached hydrogens (tertiary/aromatic N) is 1. The lowest BCUT2D eigenvalue weighted by atomic mass is 9.93. The van der Waals surface area contributed by atoms with E-state index in [1.54, 1.807) is 0 Å². The summed E-state index contributed by atoms with van der Waals surface area (Å²) in [5.74, 6) is 0.713. The number of aryl methyl sites for hydroxylation is 1. The highest BCUT2D eigenvalue weighted by Gasteiger charge is 2.16. The quantitative estimate of drug-likeness (QED) is 0.758. The van der Waals surface area contributed by atoms with E-state index in [0.717, 1.165) is 13.0 Å². The second-order valence-electron chi connectivity index (χ2n) is 5.36. The van der Waals surface area contributed by atoms with Crippen LogP contribution in [0.4, 0.5) is 0 Å². The van der Waals surface area contributed by atoms with Crippen molar-refractivity contribution in [2.45, 2.75) is 59.4 Å². The third kappa shape index (κ3) is 5.18. The summed E-state index contributed by atoms with van der Waals surface area (Å²) >= 11 is 0. The summed E-state index contributed by atoms with van der Waals surface area (Å²) in [6.07, 6.45) is 6.74. The lowest BCUT2D eigenvalue weighted by Gasteiger charge is -2.24.